The zero-order chi connectivity index (χ0) is 35.9. The number of ether oxygens (including phenoxy) is 1. The summed E-state index contributed by atoms with van der Waals surface area (Å²) < 4.78 is 7.20. The zero-order valence-corrected chi connectivity index (χ0v) is 27.0. The number of fused-ring (bicyclic) bond motifs is 1. The quantitative estimate of drug-likeness (QED) is 0.138. The molecule has 1 fully saturated rings. The third kappa shape index (κ3) is 8.43. The number of para-hydroxylation sites is 1. The number of nitrogens with zero attached hydrogens (tertiary/aromatic N) is 2. The summed E-state index contributed by atoms with van der Waals surface area (Å²) in [4.78, 5) is 58.0. The molecule has 0 spiro atoms. The van der Waals surface area contributed by atoms with E-state index in [1.165, 1.54) is 12.8 Å². The molecule has 3 aromatic carbocycles. The van der Waals surface area contributed by atoms with Crippen molar-refractivity contribution in [2.75, 3.05) is 14.2 Å². The van der Waals surface area contributed by atoms with Crippen LogP contribution in [0.25, 0.3) is 22.0 Å². The van der Waals surface area contributed by atoms with Crippen molar-refractivity contribution in [2.24, 2.45) is 0 Å². The van der Waals surface area contributed by atoms with Gasteiger partial charge in [0.05, 0.1) is 20.0 Å². The standard InChI is InChI=1S/C30H30N2O4.C6H8O7/c1-31(23-9-3-4-10-23)29(33)22-16-14-21(15-17-22)27-25-12-5-6-13-26(25)32(28(27)30(34)35)19-20-8-7-11-24(18-20)36-2;7-3(8)1-6(13,5(11)12)2-4(9)10/h5-8,11-18,23H,3-4,9-10,19H2,1-2H3,(H,34,35);13H,1-2H2,(H,7,8)(H,9,10)(H,11,12). The zero-order valence-electron chi connectivity index (χ0n) is 27.0. The molecular weight excluding hydrogens is 636 g/mol. The van der Waals surface area contributed by atoms with Gasteiger partial charge >= 0.3 is 23.9 Å². The number of amides is 1. The molecule has 0 bridgehead atoms. The van der Waals surface area contributed by atoms with Gasteiger partial charge in [0.15, 0.2) is 5.60 Å². The number of carboxylic acids is 4. The molecule has 0 saturated heterocycles. The van der Waals surface area contributed by atoms with Gasteiger partial charge in [0, 0.05) is 41.7 Å². The third-order valence-corrected chi connectivity index (χ3v) is 8.55. The lowest BCUT2D eigenvalue weighted by atomic mass is 9.96. The first-order valence-electron chi connectivity index (χ1n) is 15.5. The average molecular weight is 675 g/mol. The second kappa shape index (κ2) is 15.5. The Hall–Kier alpha value is -5.69. The highest BCUT2D eigenvalue weighted by Gasteiger charge is 2.40. The van der Waals surface area contributed by atoms with Crippen LogP contribution in [-0.2, 0) is 20.9 Å². The van der Waals surface area contributed by atoms with Crippen molar-refractivity contribution in [1.29, 1.82) is 0 Å². The molecule has 1 aliphatic rings. The molecule has 1 amide bonds. The van der Waals surface area contributed by atoms with Crippen LogP contribution in [0, 0.1) is 0 Å². The Morgan fingerprint density at radius 3 is 2.02 bits per heavy atom. The highest BCUT2D eigenvalue weighted by atomic mass is 16.5. The van der Waals surface area contributed by atoms with Crippen LogP contribution in [0.5, 0.6) is 5.75 Å². The summed E-state index contributed by atoms with van der Waals surface area (Å²) >= 11 is 0. The molecule has 49 heavy (non-hydrogen) atoms. The number of aliphatic carboxylic acids is 3. The van der Waals surface area contributed by atoms with E-state index in [2.05, 4.69) is 0 Å². The molecule has 4 aromatic rings. The number of aromatic carboxylic acids is 1. The summed E-state index contributed by atoms with van der Waals surface area (Å²) in [6.07, 6.45) is 2.14. The van der Waals surface area contributed by atoms with Crippen molar-refractivity contribution in [1.82, 2.24) is 9.47 Å². The fourth-order valence-corrected chi connectivity index (χ4v) is 6.09. The predicted molar refractivity (Wildman–Crippen MR) is 178 cm³/mol. The Labute approximate surface area is 281 Å². The van der Waals surface area contributed by atoms with Crippen molar-refractivity contribution in [3.05, 3.63) is 89.6 Å². The van der Waals surface area contributed by atoms with E-state index in [0.717, 1.165) is 40.6 Å². The lowest BCUT2D eigenvalue weighted by molar-refractivity contribution is -0.170. The molecule has 1 saturated carbocycles. The van der Waals surface area contributed by atoms with Crippen LogP contribution in [0.15, 0.2) is 72.8 Å². The molecule has 1 heterocycles. The fourth-order valence-electron chi connectivity index (χ4n) is 6.09. The molecule has 5 rings (SSSR count). The number of rotatable bonds is 12. The summed E-state index contributed by atoms with van der Waals surface area (Å²) in [5.41, 5.74) is 1.31. The number of methoxy groups -OCH3 is 1. The first kappa shape index (κ1) is 36.2. The molecule has 1 aromatic heterocycles. The Balaban J connectivity index is 0.000000355. The minimum atomic E-state index is -2.74. The first-order valence-corrected chi connectivity index (χ1v) is 15.5. The van der Waals surface area contributed by atoms with Gasteiger partial charge in [-0.25, -0.2) is 9.59 Å². The molecule has 1 aliphatic carbocycles. The van der Waals surface area contributed by atoms with Gasteiger partial charge in [-0.2, -0.15) is 0 Å². The van der Waals surface area contributed by atoms with Crippen LogP contribution >= 0.6 is 0 Å². The average Bonchev–Trinajstić information content (AvgIpc) is 3.71. The minimum Gasteiger partial charge on any atom is -0.497 e. The smallest absolute Gasteiger partial charge is 0.353 e. The summed E-state index contributed by atoms with van der Waals surface area (Å²) in [7, 11) is 3.49. The number of carbonyl (C=O) groups excluding carboxylic acids is 1. The van der Waals surface area contributed by atoms with Crippen LogP contribution in [0.1, 0.15) is 64.9 Å². The van der Waals surface area contributed by atoms with E-state index in [9.17, 15) is 29.1 Å². The van der Waals surface area contributed by atoms with E-state index in [-0.39, 0.29) is 11.6 Å². The number of hydrogen-bond donors (Lipinski definition) is 5. The number of carboxylic acid groups (broad SMARTS) is 4. The van der Waals surface area contributed by atoms with Gasteiger partial charge in [-0.3, -0.25) is 14.4 Å². The highest BCUT2D eigenvalue weighted by Crippen LogP contribution is 2.36. The van der Waals surface area contributed by atoms with Gasteiger partial charge in [-0.15, -0.1) is 0 Å². The number of hydrogen-bond acceptors (Lipinski definition) is 7. The van der Waals surface area contributed by atoms with E-state index in [0.29, 0.717) is 23.7 Å². The third-order valence-electron chi connectivity index (χ3n) is 8.55. The predicted octanol–water partition coefficient (Wildman–Crippen LogP) is 4.83. The molecule has 258 valence electrons. The molecule has 0 unspecified atom stereocenters. The van der Waals surface area contributed by atoms with Crippen molar-refractivity contribution in [3.63, 3.8) is 0 Å². The molecule has 0 atom stereocenters. The van der Waals surface area contributed by atoms with E-state index in [1.807, 2.05) is 89.3 Å². The van der Waals surface area contributed by atoms with E-state index in [1.54, 1.807) is 7.11 Å². The Morgan fingerprint density at radius 1 is 0.857 bits per heavy atom. The first-order chi connectivity index (χ1) is 23.2. The van der Waals surface area contributed by atoms with Crippen molar-refractivity contribution in [3.8, 4) is 16.9 Å². The Morgan fingerprint density at radius 2 is 1.47 bits per heavy atom. The topological polar surface area (TPSA) is 204 Å². The van der Waals surface area contributed by atoms with E-state index < -0.39 is 42.3 Å². The minimum absolute atomic E-state index is 0.00682. The van der Waals surface area contributed by atoms with Gasteiger partial charge in [-0.1, -0.05) is 55.3 Å². The monoisotopic (exact) mass is 674 g/mol. The van der Waals surface area contributed by atoms with Gasteiger partial charge < -0.3 is 39.7 Å². The van der Waals surface area contributed by atoms with Crippen LogP contribution in [0.2, 0.25) is 0 Å². The highest BCUT2D eigenvalue weighted by molar-refractivity contribution is 6.08. The second-order valence-corrected chi connectivity index (χ2v) is 11.9. The number of aromatic nitrogens is 1. The normalized spacial score (nSPS) is 13.0. The molecule has 0 aliphatic heterocycles. The SMILES string of the molecule is COc1cccc(Cn2c(C(=O)O)c(-c3ccc(C(=O)N(C)C4CCCC4)cc3)c3ccccc32)c1.O=C(O)CC(O)(CC(=O)O)C(=O)O. The Bertz CT molecular complexity index is 1840. The van der Waals surface area contributed by atoms with Crippen LogP contribution < -0.4 is 4.74 Å². The molecule has 13 nitrogen and oxygen atoms in total. The number of benzene rings is 3. The molecule has 0 radical (unpaired) electrons. The summed E-state index contributed by atoms with van der Waals surface area (Å²) in [6, 6.07) is 23.0. The number of aliphatic hydroxyl groups is 1. The maximum Gasteiger partial charge on any atom is 0.353 e. The summed E-state index contributed by atoms with van der Waals surface area (Å²) in [5, 5.41) is 45.0. The summed E-state index contributed by atoms with van der Waals surface area (Å²) in [6.45, 7) is 0.391. The van der Waals surface area contributed by atoms with Crippen molar-refractivity contribution >= 4 is 40.7 Å². The van der Waals surface area contributed by atoms with Gasteiger partial charge in [-0.05, 0) is 54.3 Å². The van der Waals surface area contributed by atoms with Crippen LogP contribution in [0.3, 0.4) is 0 Å². The number of carbonyl (C=O) groups is 5. The maximum atomic E-state index is 13.0. The fraction of sp³-hybridized carbons (Fsp3) is 0.306. The maximum absolute atomic E-state index is 13.0. The Kier molecular flexibility index (Phi) is 11.4. The van der Waals surface area contributed by atoms with Crippen LogP contribution in [0.4, 0.5) is 0 Å². The molecule has 5 N–H and O–H groups in total. The van der Waals surface area contributed by atoms with Crippen LogP contribution in [-0.4, -0.2) is 90.6 Å². The van der Waals surface area contributed by atoms with Gasteiger partial charge in [0.25, 0.3) is 5.91 Å². The molecular formula is C36H38N2O11. The van der Waals surface area contributed by atoms with Crippen molar-refractivity contribution < 1.29 is 54.2 Å². The summed E-state index contributed by atoms with van der Waals surface area (Å²) in [5.74, 6) is -5.28. The molecule has 13 heteroatoms. The lowest BCUT2D eigenvalue weighted by Gasteiger charge is -2.24. The lowest BCUT2D eigenvalue weighted by Crippen LogP contribution is -2.42. The largest absolute Gasteiger partial charge is 0.497 e. The van der Waals surface area contributed by atoms with Crippen molar-refractivity contribution in [2.45, 2.75) is 56.7 Å². The van der Waals surface area contributed by atoms with E-state index >= 15 is 0 Å². The second-order valence-electron chi connectivity index (χ2n) is 11.9. The van der Waals surface area contributed by atoms with Gasteiger partial charge in [0.2, 0.25) is 0 Å². The van der Waals surface area contributed by atoms with E-state index in [4.69, 9.17) is 25.2 Å². The van der Waals surface area contributed by atoms with Gasteiger partial charge in [0.1, 0.15) is 11.4 Å².